The summed E-state index contributed by atoms with van der Waals surface area (Å²) in [7, 11) is 1.58. The van der Waals surface area contributed by atoms with Gasteiger partial charge in [-0.1, -0.05) is 30.3 Å². The number of carbonyl (C=O) groups excluding carboxylic acids is 2. The number of ketones is 1. The predicted octanol–water partition coefficient (Wildman–Crippen LogP) is 3.92. The zero-order chi connectivity index (χ0) is 21.2. The fourth-order valence-corrected chi connectivity index (χ4v) is 3.53. The summed E-state index contributed by atoms with van der Waals surface area (Å²) in [5.41, 5.74) is 1.56. The lowest BCUT2D eigenvalue weighted by Gasteiger charge is -2.35. The summed E-state index contributed by atoms with van der Waals surface area (Å²) in [6.07, 6.45) is 0. The normalized spacial score (nSPS) is 11.5. The van der Waals surface area contributed by atoms with E-state index in [2.05, 4.69) is 4.98 Å². The van der Waals surface area contributed by atoms with Crippen LogP contribution in [0.15, 0.2) is 48.5 Å². The fraction of sp³-hybridized carbons (Fsp3) is 0.348. The Labute approximate surface area is 171 Å². The van der Waals surface area contributed by atoms with E-state index in [9.17, 15) is 9.59 Å². The summed E-state index contributed by atoms with van der Waals surface area (Å²) in [5.74, 6) is 0.613. The Bertz CT molecular complexity index is 1030. The van der Waals surface area contributed by atoms with E-state index >= 15 is 0 Å². The van der Waals surface area contributed by atoms with E-state index in [1.807, 2.05) is 52.0 Å². The van der Waals surface area contributed by atoms with Gasteiger partial charge in [-0.05, 0) is 39.8 Å². The van der Waals surface area contributed by atoms with Crippen LogP contribution in [0.25, 0.3) is 11.0 Å². The van der Waals surface area contributed by atoms with Crippen molar-refractivity contribution in [2.45, 2.75) is 39.8 Å². The van der Waals surface area contributed by atoms with Crippen molar-refractivity contribution in [1.82, 2.24) is 14.5 Å². The largest absolute Gasteiger partial charge is 0.497 e. The van der Waals surface area contributed by atoms with Crippen molar-refractivity contribution in [3.05, 3.63) is 59.9 Å². The van der Waals surface area contributed by atoms with Crippen LogP contribution < -0.4 is 4.74 Å². The number of rotatable bonds is 6. The average molecular weight is 393 g/mol. The molecule has 3 rings (SSSR count). The molecule has 1 amide bonds. The van der Waals surface area contributed by atoms with Gasteiger partial charge in [0, 0.05) is 23.7 Å². The Balaban J connectivity index is 2.12. The highest BCUT2D eigenvalue weighted by Gasteiger charge is 2.27. The second-order valence-electron chi connectivity index (χ2n) is 7.88. The predicted molar refractivity (Wildman–Crippen MR) is 113 cm³/mol. The smallest absolute Gasteiger partial charge is 0.243 e. The van der Waals surface area contributed by atoms with Gasteiger partial charge in [0.15, 0.2) is 5.82 Å². The van der Waals surface area contributed by atoms with Gasteiger partial charge in [0.05, 0.1) is 18.1 Å². The lowest BCUT2D eigenvalue weighted by atomic mass is 10.1. The highest BCUT2D eigenvalue weighted by molar-refractivity contribution is 6.08. The van der Waals surface area contributed by atoms with E-state index in [1.54, 1.807) is 40.8 Å². The molecular formula is C23H27N3O3. The quantitative estimate of drug-likeness (QED) is 0.596. The third-order valence-corrected chi connectivity index (χ3v) is 4.91. The van der Waals surface area contributed by atoms with Crippen LogP contribution in [0.2, 0.25) is 0 Å². The van der Waals surface area contributed by atoms with E-state index in [0.717, 1.165) is 0 Å². The molecule has 0 saturated carbocycles. The molecule has 3 aromatic rings. The molecule has 0 aliphatic heterocycles. The van der Waals surface area contributed by atoms with Crippen LogP contribution >= 0.6 is 0 Å². The molecule has 0 aliphatic carbocycles. The Kier molecular flexibility index (Phi) is 5.73. The highest BCUT2D eigenvalue weighted by atomic mass is 16.5. The summed E-state index contributed by atoms with van der Waals surface area (Å²) in [6, 6.07) is 14.4. The lowest BCUT2D eigenvalue weighted by Crippen LogP contribution is -2.47. The molecule has 29 heavy (non-hydrogen) atoms. The molecule has 1 heterocycles. The first kappa shape index (κ1) is 20.6. The maximum Gasteiger partial charge on any atom is 0.243 e. The molecular weight excluding hydrogens is 366 g/mol. The number of ether oxygens (including phenoxy) is 1. The summed E-state index contributed by atoms with van der Waals surface area (Å²) in [5, 5.41) is 0. The number of amides is 1. The Hall–Kier alpha value is -3.15. The molecule has 6 heteroatoms. The van der Waals surface area contributed by atoms with Gasteiger partial charge in [0.2, 0.25) is 11.7 Å². The van der Waals surface area contributed by atoms with Crippen molar-refractivity contribution in [1.29, 1.82) is 0 Å². The van der Waals surface area contributed by atoms with E-state index in [1.165, 1.54) is 0 Å². The van der Waals surface area contributed by atoms with E-state index in [-0.39, 0.29) is 29.6 Å². The number of aromatic nitrogens is 2. The summed E-state index contributed by atoms with van der Waals surface area (Å²) in [6.45, 7) is 8.57. The molecule has 0 radical (unpaired) electrons. The summed E-state index contributed by atoms with van der Waals surface area (Å²) >= 11 is 0. The molecule has 0 bridgehead atoms. The first-order chi connectivity index (χ1) is 13.8. The van der Waals surface area contributed by atoms with Gasteiger partial charge >= 0.3 is 0 Å². The van der Waals surface area contributed by atoms with Gasteiger partial charge in [-0.3, -0.25) is 9.59 Å². The van der Waals surface area contributed by atoms with Crippen LogP contribution in [0.4, 0.5) is 0 Å². The van der Waals surface area contributed by atoms with Gasteiger partial charge in [-0.15, -0.1) is 0 Å². The third kappa shape index (κ3) is 4.16. The van der Waals surface area contributed by atoms with Crippen LogP contribution in [-0.2, 0) is 11.3 Å². The van der Waals surface area contributed by atoms with Crippen LogP contribution in [0.3, 0.4) is 0 Å². The molecule has 0 atom stereocenters. The molecule has 2 aromatic carbocycles. The summed E-state index contributed by atoms with van der Waals surface area (Å²) < 4.78 is 7.04. The average Bonchev–Trinajstić information content (AvgIpc) is 3.05. The van der Waals surface area contributed by atoms with Gasteiger partial charge in [-0.2, -0.15) is 0 Å². The second kappa shape index (κ2) is 8.07. The van der Waals surface area contributed by atoms with Crippen molar-refractivity contribution < 1.29 is 14.3 Å². The fourth-order valence-electron chi connectivity index (χ4n) is 3.53. The zero-order valence-corrected chi connectivity index (χ0v) is 17.6. The number of fused-ring (bicyclic) bond motifs is 1. The molecule has 0 N–H and O–H groups in total. The number of methoxy groups -OCH3 is 1. The minimum atomic E-state index is -0.316. The van der Waals surface area contributed by atoms with Crippen molar-refractivity contribution in [3.63, 3.8) is 0 Å². The number of hydrogen-bond acceptors (Lipinski definition) is 4. The minimum Gasteiger partial charge on any atom is -0.497 e. The molecule has 0 saturated heterocycles. The van der Waals surface area contributed by atoms with Crippen molar-refractivity contribution in [2.75, 3.05) is 13.7 Å². The van der Waals surface area contributed by atoms with E-state index < -0.39 is 0 Å². The molecule has 1 aromatic heterocycles. The van der Waals surface area contributed by atoms with Gasteiger partial charge in [-0.25, -0.2) is 4.98 Å². The second-order valence-corrected chi connectivity index (χ2v) is 7.88. The number of imidazole rings is 1. The monoisotopic (exact) mass is 393 g/mol. The SMILES string of the molecule is CCN(C(=O)Cn1c(C(=O)c2ccccc2)nc2ccc(OC)cc21)C(C)(C)C. The first-order valence-electron chi connectivity index (χ1n) is 9.70. The van der Waals surface area contributed by atoms with E-state index in [4.69, 9.17) is 4.74 Å². The van der Waals surface area contributed by atoms with Crippen molar-refractivity contribution in [3.8, 4) is 5.75 Å². The van der Waals surface area contributed by atoms with Gasteiger partial charge in [0.25, 0.3) is 0 Å². The maximum absolute atomic E-state index is 13.2. The van der Waals surface area contributed by atoms with Crippen molar-refractivity contribution >= 4 is 22.7 Å². The molecule has 6 nitrogen and oxygen atoms in total. The van der Waals surface area contributed by atoms with Gasteiger partial charge < -0.3 is 14.2 Å². The third-order valence-electron chi connectivity index (χ3n) is 4.91. The standard InChI is InChI=1S/C23H27N3O3/c1-6-26(23(2,3)4)20(27)15-25-19-14-17(29-5)12-13-18(19)24-22(25)21(28)16-10-8-7-9-11-16/h7-14H,6,15H2,1-5H3. The van der Waals surface area contributed by atoms with E-state index in [0.29, 0.717) is 28.9 Å². The molecule has 0 fully saturated rings. The van der Waals surface area contributed by atoms with Crippen LogP contribution in [0.1, 0.15) is 43.9 Å². The highest BCUT2D eigenvalue weighted by Crippen LogP contribution is 2.24. The summed E-state index contributed by atoms with van der Waals surface area (Å²) in [4.78, 5) is 32.7. The van der Waals surface area contributed by atoms with Crippen LogP contribution in [0, 0.1) is 0 Å². The number of carbonyl (C=O) groups is 2. The number of hydrogen-bond donors (Lipinski definition) is 0. The van der Waals surface area contributed by atoms with Crippen LogP contribution in [0.5, 0.6) is 5.75 Å². The topological polar surface area (TPSA) is 64.4 Å². The van der Waals surface area contributed by atoms with Crippen LogP contribution in [-0.4, -0.2) is 45.3 Å². The minimum absolute atomic E-state index is 0.0304. The maximum atomic E-state index is 13.2. The molecule has 0 spiro atoms. The number of likely N-dealkylation sites (N-methyl/N-ethyl adjacent to an activating group) is 1. The Morgan fingerprint density at radius 1 is 1.10 bits per heavy atom. The first-order valence-corrected chi connectivity index (χ1v) is 9.70. The molecule has 0 aliphatic rings. The number of benzene rings is 2. The zero-order valence-electron chi connectivity index (χ0n) is 17.6. The van der Waals surface area contributed by atoms with Crippen molar-refractivity contribution in [2.24, 2.45) is 0 Å². The Morgan fingerprint density at radius 3 is 2.38 bits per heavy atom. The van der Waals surface area contributed by atoms with Gasteiger partial charge in [0.1, 0.15) is 12.3 Å². The molecule has 0 unspecified atom stereocenters. The number of nitrogens with zero attached hydrogens (tertiary/aromatic N) is 3. The lowest BCUT2D eigenvalue weighted by molar-refractivity contribution is -0.136. The molecule has 152 valence electrons. The Morgan fingerprint density at radius 2 is 1.79 bits per heavy atom.